The van der Waals surface area contributed by atoms with E-state index in [4.69, 9.17) is 23.7 Å². The number of fused-ring (bicyclic) bond motifs is 3. The smallest absolute Gasteiger partial charge is 0.236 e. The molecule has 1 spiro atoms. The number of hydrogen-bond donors (Lipinski definition) is 0. The van der Waals surface area contributed by atoms with E-state index >= 15 is 0 Å². The number of hydrogen-bond acceptors (Lipinski definition) is 5. The minimum Gasteiger partial charge on any atom is -0.458 e. The van der Waals surface area contributed by atoms with Crippen molar-refractivity contribution in [2.24, 2.45) is 17.8 Å². The van der Waals surface area contributed by atoms with Crippen LogP contribution in [0.5, 0.6) is 0 Å². The monoisotopic (exact) mass is 382 g/mol. The van der Waals surface area contributed by atoms with E-state index in [1.165, 1.54) is 12.0 Å². The van der Waals surface area contributed by atoms with E-state index < -0.39 is 17.7 Å². The Balaban J connectivity index is 1.51. The molecule has 5 aliphatic rings. The van der Waals surface area contributed by atoms with Gasteiger partial charge in [0.05, 0.1) is 0 Å². The summed E-state index contributed by atoms with van der Waals surface area (Å²) >= 11 is 0. The molecule has 3 saturated heterocycles. The summed E-state index contributed by atoms with van der Waals surface area (Å²) in [4.78, 5) is 12.1. The van der Waals surface area contributed by atoms with Crippen molar-refractivity contribution in [3.8, 4) is 0 Å². The average molecular weight is 382 g/mol. The van der Waals surface area contributed by atoms with Gasteiger partial charge in [-0.15, -0.1) is 0 Å². The van der Waals surface area contributed by atoms with Crippen LogP contribution in [0.25, 0.3) is 16.7 Å². The lowest BCUT2D eigenvalue weighted by Crippen LogP contribution is -2.66. The van der Waals surface area contributed by atoms with Crippen LogP contribution in [0.4, 0.5) is 0 Å². The summed E-state index contributed by atoms with van der Waals surface area (Å²) in [6.45, 7) is 6.42. The van der Waals surface area contributed by atoms with Gasteiger partial charge in [0, 0.05) is 23.6 Å². The van der Waals surface area contributed by atoms with E-state index in [1.54, 1.807) is 0 Å². The van der Waals surface area contributed by atoms with Gasteiger partial charge in [0.25, 0.3) is 0 Å². The van der Waals surface area contributed by atoms with Crippen molar-refractivity contribution in [2.75, 3.05) is 0 Å². The number of rotatable bonds is 1. The molecular weight excluding hydrogens is 356 g/mol. The first-order valence-corrected chi connectivity index (χ1v) is 10.4. The van der Waals surface area contributed by atoms with Gasteiger partial charge in [-0.3, -0.25) is 0 Å². The molecule has 2 aromatic rings. The van der Waals surface area contributed by atoms with Crippen molar-refractivity contribution in [3.63, 3.8) is 0 Å². The van der Waals surface area contributed by atoms with Crippen LogP contribution in [0.3, 0.4) is 0 Å². The zero-order valence-corrected chi connectivity index (χ0v) is 16.6. The molecule has 5 heterocycles. The summed E-state index contributed by atoms with van der Waals surface area (Å²) in [5.74, 6) is 1.90. The Hall–Kier alpha value is -1.82. The second-order valence-electron chi connectivity index (χ2n) is 9.13. The number of benzene rings is 1. The number of para-hydroxylation sites is 1. The van der Waals surface area contributed by atoms with Crippen LogP contribution < -0.4 is 0 Å². The van der Waals surface area contributed by atoms with E-state index in [0.29, 0.717) is 11.8 Å². The molecule has 7 rings (SSSR count). The maximum atomic E-state index is 6.53. The van der Waals surface area contributed by atoms with Crippen molar-refractivity contribution in [1.29, 1.82) is 0 Å². The zero-order chi connectivity index (χ0) is 19.1. The molecule has 1 unspecified atom stereocenters. The van der Waals surface area contributed by atoms with Crippen molar-refractivity contribution < 1.29 is 23.7 Å². The van der Waals surface area contributed by atoms with Crippen molar-refractivity contribution in [2.45, 2.75) is 64.1 Å². The van der Waals surface area contributed by atoms with Gasteiger partial charge in [-0.2, -0.15) is 0 Å². The summed E-state index contributed by atoms with van der Waals surface area (Å²) in [6, 6.07) is 10.1. The Morgan fingerprint density at radius 2 is 1.93 bits per heavy atom. The third kappa shape index (κ3) is 2.13. The second-order valence-corrected chi connectivity index (χ2v) is 9.13. The molecule has 0 radical (unpaired) electrons. The highest BCUT2D eigenvalue weighted by Crippen LogP contribution is 2.61. The Morgan fingerprint density at radius 3 is 2.79 bits per heavy atom. The molecule has 28 heavy (non-hydrogen) atoms. The molecule has 5 nitrogen and oxygen atoms in total. The molecule has 0 amide bonds. The van der Waals surface area contributed by atoms with Crippen LogP contribution in [0.2, 0.25) is 0 Å². The fourth-order valence-electron chi connectivity index (χ4n) is 5.96. The third-order valence-electron chi connectivity index (χ3n) is 7.47. The zero-order valence-electron chi connectivity index (χ0n) is 16.6. The first-order chi connectivity index (χ1) is 13.5. The van der Waals surface area contributed by atoms with Crippen LogP contribution in [-0.4, -0.2) is 17.7 Å². The van der Waals surface area contributed by atoms with Crippen molar-refractivity contribution in [1.82, 2.24) is 0 Å². The van der Waals surface area contributed by atoms with E-state index in [-0.39, 0.29) is 5.92 Å². The second kappa shape index (κ2) is 5.62. The molecule has 0 N–H and O–H groups in total. The van der Waals surface area contributed by atoms with E-state index in [9.17, 15) is 0 Å². The van der Waals surface area contributed by atoms with Gasteiger partial charge in [0.1, 0.15) is 5.58 Å². The maximum absolute atomic E-state index is 6.53. The van der Waals surface area contributed by atoms with E-state index in [1.807, 2.05) is 25.1 Å². The quantitative estimate of drug-likeness (QED) is 0.617. The SMILES string of the molecule is CC1=C(c2cc3ccccc3o2)O[C@@H]2OC3(C)CC[C@H]4[C@H](C)CC[C@@H]1[C@@]24OO3. The van der Waals surface area contributed by atoms with Gasteiger partial charge >= 0.3 is 0 Å². The molecule has 1 saturated carbocycles. The van der Waals surface area contributed by atoms with Gasteiger partial charge in [-0.25, -0.2) is 9.78 Å². The van der Waals surface area contributed by atoms with Gasteiger partial charge in [-0.05, 0) is 56.7 Å². The lowest BCUT2D eigenvalue weighted by Gasteiger charge is -2.57. The summed E-state index contributed by atoms with van der Waals surface area (Å²) < 4.78 is 19.1. The fraction of sp³-hybridized carbons (Fsp3) is 0.565. The Labute approximate surface area is 164 Å². The van der Waals surface area contributed by atoms with Gasteiger partial charge in [0.15, 0.2) is 17.1 Å². The molecule has 1 aromatic heterocycles. The maximum Gasteiger partial charge on any atom is 0.236 e. The van der Waals surface area contributed by atoms with E-state index in [2.05, 4.69) is 26.0 Å². The first kappa shape index (κ1) is 17.1. The van der Waals surface area contributed by atoms with Crippen LogP contribution in [0, 0.1) is 17.8 Å². The highest BCUT2D eigenvalue weighted by molar-refractivity contribution is 5.81. The van der Waals surface area contributed by atoms with E-state index in [0.717, 1.165) is 41.8 Å². The van der Waals surface area contributed by atoms with Crippen LogP contribution >= 0.6 is 0 Å². The van der Waals surface area contributed by atoms with Crippen molar-refractivity contribution in [3.05, 3.63) is 41.7 Å². The molecule has 5 heteroatoms. The minimum atomic E-state index is -0.762. The van der Waals surface area contributed by atoms with Gasteiger partial charge in [-0.1, -0.05) is 25.1 Å². The Bertz CT molecular complexity index is 943. The predicted octanol–water partition coefficient (Wildman–Crippen LogP) is 5.41. The summed E-state index contributed by atoms with van der Waals surface area (Å²) in [6.07, 6.45) is 3.57. The molecule has 1 aliphatic carbocycles. The first-order valence-electron chi connectivity index (χ1n) is 10.4. The van der Waals surface area contributed by atoms with Crippen LogP contribution in [0.15, 0.2) is 40.3 Å². The Kier molecular flexibility index (Phi) is 3.43. The molecule has 2 bridgehead atoms. The number of ether oxygens (including phenoxy) is 2. The topological polar surface area (TPSA) is 50.1 Å². The highest BCUT2D eigenvalue weighted by Gasteiger charge is 2.68. The molecule has 6 atom stereocenters. The Morgan fingerprint density at radius 1 is 1.07 bits per heavy atom. The van der Waals surface area contributed by atoms with Gasteiger partial charge in [0.2, 0.25) is 12.1 Å². The predicted molar refractivity (Wildman–Crippen MR) is 103 cm³/mol. The highest BCUT2D eigenvalue weighted by atomic mass is 17.3. The normalized spacial score (nSPS) is 42.2. The summed E-state index contributed by atoms with van der Waals surface area (Å²) in [5, 5.41) is 1.08. The van der Waals surface area contributed by atoms with Gasteiger partial charge < -0.3 is 13.9 Å². The van der Waals surface area contributed by atoms with Crippen LogP contribution in [0.1, 0.15) is 52.2 Å². The number of furan rings is 1. The average Bonchev–Trinajstić information content (AvgIpc) is 2.99. The molecular formula is C23H26O5. The van der Waals surface area contributed by atoms with Crippen LogP contribution in [-0.2, 0) is 19.2 Å². The van der Waals surface area contributed by atoms with Crippen molar-refractivity contribution >= 4 is 16.7 Å². The standard InChI is InChI=1S/C23H26O5/c1-13-8-9-17-14(2)20(19-12-15-6-4-5-7-18(15)24-19)25-21-23(17)16(13)10-11-22(3,26-21)27-28-23/h4-7,12-13,16-17,21H,8-11H2,1-3H3/t13-,16+,17+,21-,22?,23-/m1/s1. The lowest BCUT2D eigenvalue weighted by atomic mass is 9.59. The molecule has 4 fully saturated rings. The third-order valence-corrected chi connectivity index (χ3v) is 7.47. The summed E-state index contributed by atoms with van der Waals surface area (Å²) in [5.41, 5.74) is 1.46. The molecule has 1 aromatic carbocycles. The largest absolute Gasteiger partial charge is 0.458 e. The minimum absolute atomic E-state index is 0.193. The fourth-order valence-corrected chi connectivity index (χ4v) is 5.96. The summed E-state index contributed by atoms with van der Waals surface area (Å²) in [7, 11) is 0. The lowest BCUT2D eigenvalue weighted by molar-refractivity contribution is -0.553. The molecule has 4 aliphatic heterocycles. The molecule has 148 valence electrons.